The molecule has 0 radical (unpaired) electrons. The number of hydrogen-bond acceptors (Lipinski definition) is 3. The number of nitrogens with one attached hydrogen (secondary N) is 1. The Bertz CT molecular complexity index is 307. The van der Waals surface area contributed by atoms with E-state index in [9.17, 15) is 4.79 Å². The van der Waals surface area contributed by atoms with Gasteiger partial charge in [0.1, 0.15) is 0 Å². The highest BCUT2D eigenvalue weighted by molar-refractivity contribution is 5.79. The SMILES string of the molecule is CCOCC(NC(=O)C1CC(N)C(C)CC1C)C(C)C. The Morgan fingerprint density at radius 3 is 2.50 bits per heavy atom. The van der Waals surface area contributed by atoms with Gasteiger partial charge in [0.05, 0.1) is 12.6 Å². The summed E-state index contributed by atoms with van der Waals surface area (Å²) >= 11 is 0. The molecule has 1 fully saturated rings. The molecule has 4 nitrogen and oxygen atoms in total. The zero-order valence-electron chi connectivity index (χ0n) is 13.7. The summed E-state index contributed by atoms with van der Waals surface area (Å²) < 4.78 is 5.47. The van der Waals surface area contributed by atoms with Gasteiger partial charge >= 0.3 is 0 Å². The van der Waals surface area contributed by atoms with Crippen molar-refractivity contribution in [3.05, 3.63) is 0 Å². The number of ether oxygens (including phenoxy) is 1. The molecule has 5 atom stereocenters. The van der Waals surface area contributed by atoms with E-state index in [2.05, 4.69) is 33.0 Å². The normalized spacial score (nSPS) is 32.1. The Kier molecular flexibility index (Phi) is 6.96. The lowest BCUT2D eigenvalue weighted by atomic mass is 9.72. The van der Waals surface area contributed by atoms with Gasteiger partial charge in [0.15, 0.2) is 0 Å². The first-order valence-electron chi connectivity index (χ1n) is 8.00. The van der Waals surface area contributed by atoms with E-state index in [4.69, 9.17) is 10.5 Å². The van der Waals surface area contributed by atoms with Gasteiger partial charge < -0.3 is 15.8 Å². The topological polar surface area (TPSA) is 64.3 Å². The van der Waals surface area contributed by atoms with Crippen molar-refractivity contribution in [1.29, 1.82) is 0 Å². The monoisotopic (exact) mass is 284 g/mol. The van der Waals surface area contributed by atoms with Gasteiger partial charge in [0.25, 0.3) is 0 Å². The fourth-order valence-corrected chi connectivity index (χ4v) is 2.98. The molecule has 0 heterocycles. The zero-order chi connectivity index (χ0) is 15.3. The van der Waals surface area contributed by atoms with Crippen LogP contribution >= 0.6 is 0 Å². The second kappa shape index (κ2) is 7.99. The van der Waals surface area contributed by atoms with Gasteiger partial charge in [-0.05, 0) is 37.5 Å². The van der Waals surface area contributed by atoms with Gasteiger partial charge in [-0.3, -0.25) is 4.79 Å². The zero-order valence-corrected chi connectivity index (χ0v) is 13.7. The van der Waals surface area contributed by atoms with Gasteiger partial charge in [-0.2, -0.15) is 0 Å². The molecule has 118 valence electrons. The Balaban J connectivity index is 2.59. The van der Waals surface area contributed by atoms with Crippen LogP contribution in [0.3, 0.4) is 0 Å². The Labute approximate surface area is 123 Å². The number of carbonyl (C=O) groups is 1. The molecule has 1 rings (SSSR count). The van der Waals surface area contributed by atoms with Crippen molar-refractivity contribution in [3.63, 3.8) is 0 Å². The molecule has 4 heteroatoms. The van der Waals surface area contributed by atoms with Crippen LogP contribution < -0.4 is 11.1 Å². The summed E-state index contributed by atoms with van der Waals surface area (Å²) in [6.07, 6.45) is 1.84. The predicted molar refractivity (Wildman–Crippen MR) is 82.3 cm³/mol. The van der Waals surface area contributed by atoms with Gasteiger partial charge in [0.2, 0.25) is 5.91 Å². The second-order valence-corrected chi connectivity index (χ2v) is 6.71. The Morgan fingerprint density at radius 1 is 1.30 bits per heavy atom. The van der Waals surface area contributed by atoms with Crippen LogP contribution in [-0.4, -0.2) is 31.2 Å². The fraction of sp³-hybridized carbons (Fsp3) is 0.938. The maximum Gasteiger partial charge on any atom is 0.223 e. The van der Waals surface area contributed by atoms with Gasteiger partial charge in [-0.25, -0.2) is 0 Å². The quantitative estimate of drug-likeness (QED) is 0.785. The number of amides is 1. The molecule has 0 spiro atoms. The van der Waals surface area contributed by atoms with Crippen molar-refractivity contribution < 1.29 is 9.53 Å². The second-order valence-electron chi connectivity index (χ2n) is 6.71. The van der Waals surface area contributed by atoms with E-state index >= 15 is 0 Å². The van der Waals surface area contributed by atoms with E-state index in [1.165, 1.54) is 0 Å². The summed E-state index contributed by atoms with van der Waals surface area (Å²) in [5.41, 5.74) is 6.13. The predicted octanol–water partition coefficient (Wildman–Crippen LogP) is 2.17. The van der Waals surface area contributed by atoms with Crippen molar-refractivity contribution in [3.8, 4) is 0 Å². The molecule has 0 aromatic carbocycles. The first-order chi connectivity index (χ1) is 9.36. The number of hydrogen-bond donors (Lipinski definition) is 2. The van der Waals surface area contributed by atoms with Gasteiger partial charge in [-0.1, -0.05) is 27.7 Å². The third-order valence-electron chi connectivity index (χ3n) is 4.66. The molecule has 5 unspecified atom stereocenters. The molecule has 20 heavy (non-hydrogen) atoms. The van der Waals surface area contributed by atoms with Crippen LogP contribution in [0.1, 0.15) is 47.5 Å². The molecular weight excluding hydrogens is 252 g/mol. The fourth-order valence-electron chi connectivity index (χ4n) is 2.98. The molecule has 1 saturated carbocycles. The molecule has 0 saturated heterocycles. The van der Waals surface area contributed by atoms with Crippen LogP contribution in [0.25, 0.3) is 0 Å². The van der Waals surface area contributed by atoms with E-state index in [1.54, 1.807) is 0 Å². The molecule has 0 aromatic heterocycles. The third kappa shape index (κ3) is 4.74. The van der Waals surface area contributed by atoms with Crippen LogP contribution in [0.15, 0.2) is 0 Å². The Hall–Kier alpha value is -0.610. The van der Waals surface area contributed by atoms with Crippen LogP contribution in [0.2, 0.25) is 0 Å². The van der Waals surface area contributed by atoms with Crippen LogP contribution in [0.5, 0.6) is 0 Å². The first kappa shape index (κ1) is 17.4. The van der Waals surface area contributed by atoms with E-state index in [1.807, 2.05) is 6.92 Å². The smallest absolute Gasteiger partial charge is 0.223 e. The van der Waals surface area contributed by atoms with Crippen LogP contribution in [0.4, 0.5) is 0 Å². The highest BCUT2D eigenvalue weighted by Crippen LogP contribution is 2.33. The van der Waals surface area contributed by atoms with Crippen molar-refractivity contribution in [2.24, 2.45) is 29.4 Å². The minimum atomic E-state index is 0.0454. The van der Waals surface area contributed by atoms with E-state index in [-0.39, 0.29) is 23.9 Å². The summed E-state index contributed by atoms with van der Waals surface area (Å²) in [6, 6.07) is 0.233. The largest absolute Gasteiger partial charge is 0.380 e. The molecule has 0 aliphatic heterocycles. The summed E-state index contributed by atoms with van der Waals surface area (Å²) in [6.45, 7) is 11.8. The molecule has 3 N–H and O–H groups in total. The van der Waals surface area contributed by atoms with Gasteiger partial charge in [-0.15, -0.1) is 0 Å². The number of carbonyl (C=O) groups excluding carboxylic acids is 1. The lowest BCUT2D eigenvalue weighted by Gasteiger charge is -2.37. The molecule has 1 amide bonds. The van der Waals surface area contributed by atoms with E-state index in [0.29, 0.717) is 31.0 Å². The molecular formula is C16H32N2O2. The lowest BCUT2D eigenvalue weighted by molar-refractivity contribution is -0.129. The summed E-state index contributed by atoms with van der Waals surface area (Å²) in [5, 5.41) is 3.17. The number of rotatable bonds is 6. The van der Waals surface area contributed by atoms with Crippen molar-refractivity contribution >= 4 is 5.91 Å². The minimum Gasteiger partial charge on any atom is -0.380 e. The standard InChI is InChI=1S/C16H32N2O2/c1-6-20-9-15(10(2)3)18-16(19)13-8-14(17)12(5)7-11(13)4/h10-15H,6-9,17H2,1-5H3,(H,18,19). The molecule has 1 aliphatic rings. The van der Waals surface area contributed by atoms with Crippen LogP contribution in [0, 0.1) is 23.7 Å². The van der Waals surface area contributed by atoms with Gasteiger partial charge in [0, 0.05) is 18.6 Å². The van der Waals surface area contributed by atoms with Crippen molar-refractivity contribution in [1.82, 2.24) is 5.32 Å². The summed E-state index contributed by atoms with van der Waals surface area (Å²) in [7, 11) is 0. The average molecular weight is 284 g/mol. The average Bonchev–Trinajstić information content (AvgIpc) is 2.38. The minimum absolute atomic E-state index is 0.0454. The maximum absolute atomic E-state index is 12.5. The lowest BCUT2D eigenvalue weighted by Crippen LogP contribution is -2.49. The molecule has 0 aromatic rings. The molecule has 1 aliphatic carbocycles. The maximum atomic E-state index is 12.5. The Morgan fingerprint density at radius 2 is 1.95 bits per heavy atom. The van der Waals surface area contributed by atoms with Crippen molar-refractivity contribution in [2.75, 3.05) is 13.2 Å². The third-order valence-corrected chi connectivity index (χ3v) is 4.66. The summed E-state index contributed by atoms with van der Waals surface area (Å²) in [4.78, 5) is 12.5. The highest BCUT2D eigenvalue weighted by atomic mass is 16.5. The van der Waals surface area contributed by atoms with E-state index < -0.39 is 0 Å². The summed E-state index contributed by atoms with van der Waals surface area (Å²) in [5.74, 6) is 1.49. The number of nitrogens with two attached hydrogens (primary N) is 1. The first-order valence-corrected chi connectivity index (χ1v) is 8.00. The van der Waals surface area contributed by atoms with Crippen LogP contribution in [-0.2, 0) is 9.53 Å². The van der Waals surface area contributed by atoms with Crippen molar-refractivity contribution in [2.45, 2.75) is 59.5 Å². The van der Waals surface area contributed by atoms with E-state index in [0.717, 1.165) is 12.8 Å². The molecule has 0 bridgehead atoms. The highest BCUT2D eigenvalue weighted by Gasteiger charge is 2.35.